The summed E-state index contributed by atoms with van der Waals surface area (Å²) in [6.07, 6.45) is 8.15. The van der Waals surface area contributed by atoms with Crippen LogP contribution in [0, 0.1) is 11.3 Å². The van der Waals surface area contributed by atoms with E-state index in [2.05, 4.69) is 26.7 Å². The number of anilines is 2. The summed E-state index contributed by atoms with van der Waals surface area (Å²) in [4.78, 5) is 26.7. The molecule has 0 spiro atoms. The molecule has 2 aliphatic rings. The van der Waals surface area contributed by atoms with Crippen LogP contribution < -0.4 is 10.6 Å². The van der Waals surface area contributed by atoms with Gasteiger partial charge in [0.25, 0.3) is 0 Å². The highest BCUT2D eigenvalue weighted by atomic mass is 35.5. The third-order valence-corrected chi connectivity index (χ3v) is 6.87. The Balaban J connectivity index is 1.44. The minimum Gasteiger partial charge on any atom is -0.350 e. The van der Waals surface area contributed by atoms with Gasteiger partial charge in [0.2, 0.25) is 11.9 Å². The summed E-state index contributed by atoms with van der Waals surface area (Å²) in [5, 5.41) is 21.5. The Morgan fingerprint density at radius 1 is 1.20 bits per heavy atom. The molecule has 0 radical (unpaired) electrons. The van der Waals surface area contributed by atoms with Gasteiger partial charge in [0, 0.05) is 24.6 Å². The number of carbonyl (C=O) groups is 1. The molecule has 1 aliphatic heterocycles. The molecule has 174 valence electrons. The minimum absolute atomic E-state index is 0.184. The van der Waals surface area contributed by atoms with Crippen LogP contribution in [0.3, 0.4) is 0 Å². The monoisotopic (exact) mass is 484 g/mol. The topological polar surface area (TPSA) is 121 Å². The molecular formula is C25H21ClN8O. The van der Waals surface area contributed by atoms with E-state index in [0.717, 1.165) is 29.4 Å². The van der Waals surface area contributed by atoms with Crippen LogP contribution in [0.25, 0.3) is 11.0 Å². The zero-order chi connectivity index (χ0) is 23.9. The molecule has 9 nitrogen and oxygen atoms in total. The van der Waals surface area contributed by atoms with Gasteiger partial charge < -0.3 is 10.6 Å². The lowest BCUT2D eigenvalue weighted by Gasteiger charge is -2.12. The molecular weight excluding hydrogens is 464 g/mol. The highest BCUT2D eigenvalue weighted by molar-refractivity contribution is 6.29. The highest BCUT2D eigenvalue weighted by Crippen LogP contribution is 2.40. The Kier molecular flexibility index (Phi) is 5.30. The van der Waals surface area contributed by atoms with Crippen molar-refractivity contribution < 1.29 is 4.79 Å². The third kappa shape index (κ3) is 3.96. The van der Waals surface area contributed by atoms with Crippen molar-refractivity contribution in [3.05, 3.63) is 70.3 Å². The predicted octanol–water partition coefficient (Wildman–Crippen LogP) is 4.56. The Hall–Kier alpha value is -4.03. The molecule has 1 aromatic carbocycles. The molecule has 4 aromatic rings. The molecule has 3 aromatic heterocycles. The second kappa shape index (κ2) is 8.64. The number of rotatable bonds is 5. The normalized spacial score (nSPS) is 17.4. The van der Waals surface area contributed by atoms with Gasteiger partial charge in [0.05, 0.1) is 28.8 Å². The van der Waals surface area contributed by atoms with Crippen LogP contribution in [0.2, 0.25) is 5.15 Å². The largest absolute Gasteiger partial charge is 0.350 e. The molecule has 1 fully saturated rings. The van der Waals surface area contributed by atoms with Gasteiger partial charge in [-0.2, -0.15) is 15.3 Å². The molecule has 6 rings (SSSR count). The van der Waals surface area contributed by atoms with Gasteiger partial charge in [0.1, 0.15) is 11.1 Å². The van der Waals surface area contributed by atoms with Crippen molar-refractivity contribution in [3.63, 3.8) is 0 Å². The van der Waals surface area contributed by atoms with Gasteiger partial charge in [-0.1, -0.05) is 30.5 Å². The fourth-order valence-corrected chi connectivity index (χ4v) is 5.01. The summed E-state index contributed by atoms with van der Waals surface area (Å²) in [6.45, 7) is 0.435. The second-order valence-electron chi connectivity index (χ2n) is 8.90. The van der Waals surface area contributed by atoms with Crippen molar-refractivity contribution >= 4 is 40.2 Å². The average molecular weight is 485 g/mol. The number of benzene rings is 1. The molecule has 1 atom stereocenters. The summed E-state index contributed by atoms with van der Waals surface area (Å²) in [6, 6.07) is 11.3. The number of amides is 1. The van der Waals surface area contributed by atoms with Gasteiger partial charge in [-0.15, -0.1) is 0 Å². The quantitative estimate of drug-likeness (QED) is 0.398. The summed E-state index contributed by atoms with van der Waals surface area (Å²) >= 11 is 5.90. The molecule has 10 heteroatoms. The third-order valence-electron chi connectivity index (χ3n) is 6.65. The number of hydrogen-bond acceptors (Lipinski definition) is 7. The fraction of sp³-hybridized carbons (Fsp3) is 0.280. The van der Waals surface area contributed by atoms with Crippen molar-refractivity contribution in [1.29, 1.82) is 5.26 Å². The van der Waals surface area contributed by atoms with Crippen LogP contribution in [0.1, 0.15) is 60.0 Å². The number of carbonyl (C=O) groups excluding carboxylic acids is 1. The van der Waals surface area contributed by atoms with E-state index in [-0.39, 0.29) is 5.91 Å². The average Bonchev–Trinajstić information content (AvgIpc) is 3.60. The number of aromatic nitrogens is 5. The maximum atomic E-state index is 13.1. The lowest BCUT2D eigenvalue weighted by molar-refractivity contribution is -0.116. The Morgan fingerprint density at radius 3 is 2.83 bits per heavy atom. The highest BCUT2D eigenvalue weighted by Gasteiger charge is 2.36. The van der Waals surface area contributed by atoms with Gasteiger partial charge in [0.15, 0.2) is 5.65 Å². The molecule has 1 aliphatic carbocycles. The van der Waals surface area contributed by atoms with E-state index in [1.54, 1.807) is 30.5 Å². The van der Waals surface area contributed by atoms with Gasteiger partial charge in [-0.3, -0.25) is 9.48 Å². The van der Waals surface area contributed by atoms with Crippen LogP contribution in [0.4, 0.5) is 11.6 Å². The number of fused-ring (bicyclic) bond motifs is 2. The first-order valence-electron chi connectivity index (χ1n) is 11.5. The zero-order valence-electron chi connectivity index (χ0n) is 18.7. The SMILES string of the molecule is N#Cc1ccc2c(c1)C(c1nc(NCc3ccc(Cl)nc3)nc3nn(C4CCCC4)cc13)C(=O)N2. The van der Waals surface area contributed by atoms with E-state index in [0.29, 0.717) is 46.3 Å². The number of pyridine rings is 1. The maximum Gasteiger partial charge on any atom is 0.238 e. The van der Waals surface area contributed by atoms with Crippen molar-refractivity contribution in [2.75, 3.05) is 10.6 Å². The molecule has 35 heavy (non-hydrogen) atoms. The molecule has 1 unspecified atom stereocenters. The lowest BCUT2D eigenvalue weighted by Crippen LogP contribution is -2.16. The number of hydrogen-bond donors (Lipinski definition) is 2. The van der Waals surface area contributed by atoms with Crippen molar-refractivity contribution in [2.24, 2.45) is 0 Å². The number of nitrogens with zero attached hydrogens (tertiary/aromatic N) is 6. The lowest BCUT2D eigenvalue weighted by atomic mass is 9.94. The second-order valence-corrected chi connectivity index (χ2v) is 9.28. The van der Waals surface area contributed by atoms with E-state index in [1.807, 2.05) is 16.9 Å². The van der Waals surface area contributed by atoms with Crippen molar-refractivity contribution in [2.45, 2.75) is 44.2 Å². The summed E-state index contributed by atoms with van der Waals surface area (Å²) in [5.74, 6) is -0.476. The smallest absolute Gasteiger partial charge is 0.238 e. The Morgan fingerprint density at radius 2 is 2.06 bits per heavy atom. The van der Waals surface area contributed by atoms with Crippen LogP contribution in [0.5, 0.6) is 0 Å². The molecule has 0 bridgehead atoms. The predicted molar refractivity (Wildman–Crippen MR) is 131 cm³/mol. The van der Waals surface area contributed by atoms with Gasteiger partial charge in [-0.25, -0.2) is 9.97 Å². The van der Waals surface area contributed by atoms with E-state index in [9.17, 15) is 10.1 Å². The Bertz CT molecular complexity index is 1480. The number of nitrogens with one attached hydrogen (secondary N) is 2. The summed E-state index contributed by atoms with van der Waals surface area (Å²) < 4.78 is 1.97. The van der Waals surface area contributed by atoms with Crippen LogP contribution >= 0.6 is 11.6 Å². The minimum atomic E-state index is -0.664. The van der Waals surface area contributed by atoms with Gasteiger partial charge >= 0.3 is 0 Å². The van der Waals surface area contributed by atoms with Crippen molar-refractivity contribution in [1.82, 2.24) is 24.7 Å². The first-order chi connectivity index (χ1) is 17.1. The molecule has 1 amide bonds. The Labute approximate surface area is 206 Å². The molecule has 1 saturated carbocycles. The molecule has 0 saturated heterocycles. The first-order valence-corrected chi connectivity index (χ1v) is 11.9. The zero-order valence-corrected chi connectivity index (χ0v) is 19.5. The molecule has 4 heterocycles. The van der Waals surface area contributed by atoms with E-state index >= 15 is 0 Å². The van der Waals surface area contributed by atoms with Crippen LogP contribution in [0.15, 0.2) is 42.7 Å². The first kappa shape index (κ1) is 21.5. The summed E-state index contributed by atoms with van der Waals surface area (Å²) in [5.41, 5.74) is 3.94. The van der Waals surface area contributed by atoms with E-state index in [4.69, 9.17) is 21.7 Å². The molecule has 2 N–H and O–H groups in total. The van der Waals surface area contributed by atoms with E-state index < -0.39 is 5.92 Å². The number of halogens is 1. The maximum absolute atomic E-state index is 13.1. The van der Waals surface area contributed by atoms with Crippen LogP contribution in [-0.4, -0.2) is 30.6 Å². The van der Waals surface area contributed by atoms with Crippen molar-refractivity contribution in [3.8, 4) is 6.07 Å². The fourth-order valence-electron chi connectivity index (χ4n) is 4.89. The standard InChI is InChI=1S/C25H21ClN8O/c26-20-8-6-15(11-28-20)12-29-25-31-22(18-13-34(33-23(18)32-25)16-3-1-2-4-16)21-17-9-14(10-27)5-7-19(17)30-24(21)35/h5-9,11,13,16,21H,1-4,12H2,(H,30,35)(H,29,32,33). The van der Waals surface area contributed by atoms with Gasteiger partial charge in [-0.05, 0) is 48.2 Å². The van der Waals surface area contributed by atoms with E-state index in [1.165, 1.54) is 12.8 Å². The number of nitriles is 1. The van der Waals surface area contributed by atoms with Crippen LogP contribution in [-0.2, 0) is 11.3 Å². The summed E-state index contributed by atoms with van der Waals surface area (Å²) in [7, 11) is 0.